The second-order valence-corrected chi connectivity index (χ2v) is 4.40. The Morgan fingerprint density at radius 1 is 1.76 bits per heavy atom. The van der Waals surface area contributed by atoms with Crippen LogP contribution in [0.1, 0.15) is 12.6 Å². The molecular formula is C11H18N4O2. The van der Waals surface area contributed by atoms with E-state index in [0.29, 0.717) is 18.5 Å². The zero-order valence-electron chi connectivity index (χ0n) is 10.2. The Hall–Kier alpha value is -1.40. The summed E-state index contributed by atoms with van der Waals surface area (Å²) < 4.78 is 4.94. The van der Waals surface area contributed by atoms with E-state index < -0.39 is 0 Å². The van der Waals surface area contributed by atoms with E-state index in [1.54, 1.807) is 6.07 Å². The number of carbonyl (C=O) groups is 1. The van der Waals surface area contributed by atoms with Gasteiger partial charge in [0.2, 0.25) is 11.8 Å². The number of nitrogens with zero attached hydrogens (tertiary/aromatic N) is 2. The minimum atomic E-state index is -0.0603. The van der Waals surface area contributed by atoms with E-state index in [9.17, 15) is 4.79 Å². The van der Waals surface area contributed by atoms with Gasteiger partial charge in [-0.1, -0.05) is 5.16 Å². The summed E-state index contributed by atoms with van der Waals surface area (Å²) in [6, 6.07) is 2.09. The van der Waals surface area contributed by atoms with Gasteiger partial charge in [0.05, 0.1) is 12.2 Å². The van der Waals surface area contributed by atoms with Crippen LogP contribution in [0.5, 0.6) is 0 Å². The summed E-state index contributed by atoms with van der Waals surface area (Å²) >= 11 is 0. The SMILES string of the molecule is Cc1cc(NC(=O)CN2CCNC[C@@H]2C)on1. The smallest absolute Gasteiger partial charge is 0.240 e. The number of nitrogens with one attached hydrogen (secondary N) is 2. The minimum absolute atomic E-state index is 0.0603. The Balaban J connectivity index is 1.84. The van der Waals surface area contributed by atoms with Gasteiger partial charge in [0.25, 0.3) is 0 Å². The van der Waals surface area contributed by atoms with Gasteiger partial charge >= 0.3 is 0 Å². The molecule has 0 aromatic carbocycles. The molecule has 2 heterocycles. The van der Waals surface area contributed by atoms with Crippen LogP contribution < -0.4 is 10.6 Å². The summed E-state index contributed by atoms with van der Waals surface area (Å²) in [7, 11) is 0. The molecule has 2 N–H and O–H groups in total. The second kappa shape index (κ2) is 5.29. The molecule has 6 nitrogen and oxygen atoms in total. The highest BCUT2D eigenvalue weighted by molar-refractivity contribution is 5.91. The quantitative estimate of drug-likeness (QED) is 0.788. The van der Waals surface area contributed by atoms with E-state index in [1.807, 2.05) is 6.92 Å². The van der Waals surface area contributed by atoms with Crippen molar-refractivity contribution in [1.29, 1.82) is 0 Å². The molecule has 1 aliphatic heterocycles. The highest BCUT2D eigenvalue weighted by Gasteiger charge is 2.20. The number of piperazine rings is 1. The summed E-state index contributed by atoms with van der Waals surface area (Å²) in [6.07, 6.45) is 0. The molecule has 1 amide bonds. The molecule has 1 fully saturated rings. The molecule has 2 rings (SSSR count). The van der Waals surface area contributed by atoms with Crippen molar-refractivity contribution in [2.24, 2.45) is 0 Å². The van der Waals surface area contributed by atoms with E-state index in [-0.39, 0.29) is 5.91 Å². The fourth-order valence-corrected chi connectivity index (χ4v) is 1.90. The largest absolute Gasteiger partial charge is 0.338 e. The number of aryl methyl sites for hydroxylation is 1. The molecule has 0 spiro atoms. The predicted octanol–water partition coefficient (Wildman–Crippen LogP) is 0.215. The summed E-state index contributed by atoms with van der Waals surface area (Å²) in [6.45, 7) is 7.07. The Bertz CT molecular complexity index is 391. The van der Waals surface area contributed by atoms with Crippen LogP contribution in [0.2, 0.25) is 0 Å². The molecule has 0 saturated carbocycles. The molecule has 1 aliphatic rings. The Kier molecular flexibility index (Phi) is 3.75. The van der Waals surface area contributed by atoms with E-state index >= 15 is 0 Å². The lowest BCUT2D eigenvalue weighted by Gasteiger charge is -2.33. The summed E-state index contributed by atoms with van der Waals surface area (Å²) in [5, 5.41) is 9.71. The number of hydrogen-bond acceptors (Lipinski definition) is 5. The number of rotatable bonds is 3. The van der Waals surface area contributed by atoms with E-state index in [1.165, 1.54) is 0 Å². The molecular weight excluding hydrogens is 220 g/mol. The van der Waals surface area contributed by atoms with E-state index in [2.05, 4.69) is 27.6 Å². The van der Waals surface area contributed by atoms with Crippen molar-refractivity contribution >= 4 is 11.8 Å². The van der Waals surface area contributed by atoms with Crippen LogP contribution in [0, 0.1) is 6.92 Å². The zero-order valence-corrected chi connectivity index (χ0v) is 10.2. The van der Waals surface area contributed by atoms with Crippen LogP contribution in [-0.2, 0) is 4.79 Å². The number of anilines is 1. The van der Waals surface area contributed by atoms with Gasteiger partial charge < -0.3 is 9.84 Å². The third-order valence-corrected chi connectivity index (χ3v) is 2.88. The Morgan fingerprint density at radius 3 is 3.24 bits per heavy atom. The molecule has 0 unspecified atom stereocenters. The predicted molar refractivity (Wildman–Crippen MR) is 63.8 cm³/mol. The van der Waals surface area contributed by atoms with Crippen LogP contribution >= 0.6 is 0 Å². The Labute approximate surface area is 100 Å². The van der Waals surface area contributed by atoms with Gasteiger partial charge in [-0.05, 0) is 13.8 Å². The Morgan fingerprint density at radius 2 is 2.59 bits per heavy atom. The lowest BCUT2D eigenvalue weighted by molar-refractivity contribution is -0.118. The molecule has 1 aromatic heterocycles. The fourth-order valence-electron chi connectivity index (χ4n) is 1.90. The minimum Gasteiger partial charge on any atom is -0.338 e. The first-order chi connectivity index (χ1) is 8.15. The maximum Gasteiger partial charge on any atom is 0.240 e. The van der Waals surface area contributed by atoms with Gasteiger partial charge in [-0.15, -0.1) is 0 Å². The van der Waals surface area contributed by atoms with Crippen LogP contribution in [0.3, 0.4) is 0 Å². The fraction of sp³-hybridized carbons (Fsp3) is 0.636. The summed E-state index contributed by atoms with van der Waals surface area (Å²) in [5.41, 5.74) is 0.760. The van der Waals surface area contributed by atoms with Gasteiger partial charge in [0.15, 0.2) is 0 Å². The van der Waals surface area contributed by atoms with Crippen molar-refractivity contribution in [3.05, 3.63) is 11.8 Å². The molecule has 0 radical (unpaired) electrons. The van der Waals surface area contributed by atoms with Gasteiger partial charge in [0, 0.05) is 31.7 Å². The molecule has 94 valence electrons. The van der Waals surface area contributed by atoms with Crippen molar-refractivity contribution in [1.82, 2.24) is 15.4 Å². The van der Waals surface area contributed by atoms with Crippen LogP contribution in [-0.4, -0.2) is 48.2 Å². The van der Waals surface area contributed by atoms with E-state index in [4.69, 9.17) is 4.52 Å². The third-order valence-electron chi connectivity index (χ3n) is 2.88. The van der Waals surface area contributed by atoms with Crippen molar-refractivity contribution in [2.75, 3.05) is 31.5 Å². The lowest BCUT2D eigenvalue weighted by atomic mass is 10.2. The van der Waals surface area contributed by atoms with Gasteiger partial charge in [-0.2, -0.15) is 0 Å². The first-order valence-electron chi connectivity index (χ1n) is 5.83. The maximum absolute atomic E-state index is 11.8. The van der Waals surface area contributed by atoms with Gasteiger partial charge in [0.1, 0.15) is 0 Å². The molecule has 17 heavy (non-hydrogen) atoms. The topological polar surface area (TPSA) is 70.4 Å². The maximum atomic E-state index is 11.8. The van der Waals surface area contributed by atoms with Crippen LogP contribution in [0.4, 0.5) is 5.88 Å². The first kappa shape index (κ1) is 12.1. The summed E-state index contributed by atoms with van der Waals surface area (Å²) in [4.78, 5) is 13.9. The standard InChI is InChI=1S/C11H18N4O2/c1-8-5-11(17-14-8)13-10(16)7-15-4-3-12-6-9(15)2/h5,9,12H,3-4,6-7H2,1-2H3,(H,13,16)/t9-/m0/s1. The normalized spacial score (nSPS) is 21.4. The number of hydrogen-bond donors (Lipinski definition) is 2. The highest BCUT2D eigenvalue weighted by atomic mass is 16.5. The molecule has 1 atom stereocenters. The summed E-state index contributed by atoms with van der Waals surface area (Å²) in [5.74, 6) is 0.352. The monoisotopic (exact) mass is 238 g/mol. The second-order valence-electron chi connectivity index (χ2n) is 4.40. The van der Waals surface area contributed by atoms with Crippen LogP contribution in [0.15, 0.2) is 10.6 Å². The van der Waals surface area contributed by atoms with Crippen molar-refractivity contribution < 1.29 is 9.32 Å². The van der Waals surface area contributed by atoms with Crippen LogP contribution in [0.25, 0.3) is 0 Å². The van der Waals surface area contributed by atoms with Crippen molar-refractivity contribution in [3.63, 3.8) is 0 Å². The molecule has 6 heteroatoms. The molecule has 1 aromatic rings. The zero-order chi connectivity index (χ0) is 12.3. The average molecular weight is 238 g/mol. The number of carbonyl (C=O) groups excluding carboxylic acids is 1. The first-order valence-corrected chi connectivity index (χ1v) is 5.83. The number of amides is 1. The van der Waals surface area contributed by atoms with E-state index in [0.717, 1.165) is 25.3 Å². The molecule has 1 saturated heterocycles. The molecule has 0 aliphatic carbocycles. The van der Waals surface area contributed by atoms with Gasteiger partial charge in [-0.3, -0.25) is 15.0 Å². The van der Waals surface area contributed by atoms with Gasteiger partial charge in [-0.25, -0.2) is 0 Å². The highest BCUT2D eigenvalue weighted by Crippen LogP contribution is 2.09. The average Bonchev–Trinajstić information content (AvgIpc) is 2.67. The number of aromatic nitrogens is 1. The molecule has 0 bridgehead atoms. The van der Waals surface area contributed by atoms with Crippen molar-refractivity contribution in [2.45, 2.75) is 19.9 Å². The third kappa shape index (κ3) is 3.28. The van der Waals surface area contributed by atoms with Crippen molar-refractivity contribution in [3.8, 4) is 0 Å². The lowest BCUT2D eigenvalue weighted by Crippen LogP contribution is -2.51.